The summed E-state index contributed by atoms with van der Waals surface area (Å²) in [5.74, 6) is -0.954. The first-order valence-corrected chi connectivity index (χ1v) is 13.1. The van der Waals surface area contributed by atoms with E-state index < -0.39 is 53.8 Å². The smallest absolute Gasteiger partial charge is 0.416 e. The highest BCUT2D eigenvalue weighted by molar-refractivity contribution is 5.98. The van der Waals surface area contributed by atoms with Crippen LogP contribution in [0.5, 0.6) is 0 Å². The molecule has 0 spiro atoms. The minimum atomic E-state index is -4.50. The lowest BCUT2D eigenvalue weighted by atomic mass is 9.88. The van der Waals surface area contributed by atoms with Crippen molar-refractivity contribution in [2.75, 3.05) is 6.61 Å². The Bertz CT molecular complexity index is 1450. The maximum absolute atomic E-state index is 13.6. The summed E-state index contributed by atoms with van der Waals surface area (Å²) in [6, 6.07) is 20.4. The van der Waals surface area contributed by atoms with Gasteiger partial charge in [0.05, 0.1) is 17.6 Å². The molecule has 0 radical (unpaired) electrons. The number of carbonyl (C=O) groups excluding carboxylic acids is 3. The maximum atomic E-state index is 13.6. The zero-order valence-corrected chi connectivity index (χ0v) is 22.1. The molecule has 3 aromatic rings. The Morgan fingerprint density at radius 1 is 1.02 bits per heavy atom. The molecule has 10 heteroatoms. The molecule has 4 atom stereocenters. The summed E-state index contributed by atoms with van der Waals surface area (Å²) in [5.41, 5.74) is 1.16. The van der Waals surface area contributed by atoms with Gasteiger partial charge in [0.15, 0.2) is 0 Å². The molecule has 0 saturated carbocycles. The van der Waals surface area contributed by atoms with Gasteiger partial charge in [0.2, 0.25) is 11.8 Å². The third-order valence-electron chi connectivity index (χ3n) is 7.35. The lowest BCUT2D eigenvalue weighted by Gasteiger charge is -2.51. The summed E-state index contributed by atoms with van der Waals surface area (Å²) in [5, 5.41) is 2.64. The van der Waals surface area contributed by atoms with Gasteiger partial charge in [-0.2, -0.15) is 13.2 Å². The molecule has 2 aliphatic heterocycles. The average Bonchev–Trinajstić information content (AvgIpc) is 3.34. The molecule has 7 nitrogen and oxygen atoms in total. The topological polar surface area (TPSA) is 79.0 Å². The number of carbonyl (C=O) groups is 3. The first-order chi connectivity index (χ1) is 19.6. The molecule has 2 aliphatic rings. The summed E-state index contributed by atoms with van der Waals surface area (Å²) < 4.78 is 44.6. The number of cyclic esters (lactones) is 1. The number of benzene rings is 3. The van der Waals surface area contributed by atoms with Crippen LogP contribution in [0, 0.1) is 0 Å². The highest BCUT2D eigenvalue weighted by Gasteiger charge is 2.57. The number of β-lactam (4-membered cyclic amide) rings is 1. The third-order valence-corrected chi connectivity index (χ3v) is 7.35. The quantitative estimate of drug-likeness (QED) is 0.383. The van der Waals surface area contributed by atoms with Gasteiger partial charge in [-0.15, -0.1) is 0 Å². The molecule has 212 valence electrons. The molecule has 2 heterocycles. The molecule has 3 aromatic carbocycles. The zero-order valence-electron chi connectivity index (χ0n) is 22.1. The highest BCUT2D eigenvalue weighted by atomic mass is 19.4. The van der Waals surface area contributed by atoms with Crippen molar-refractivity contribution in [1.29, 1.82) is 0 Å². The number of alkyl halides is 3. The fraction of sp³-hybridized carbons (Fsp3) is 0.258. The van der Waals surface area contributed by atoms with Crippen LogP contribution in [0.15, 0.2) is 91.0 Å². The molecule has 1 N–H and O–H groups in total. The number of ether oxygens (including phenoxy) is 1. The second-order valence-corrected chi connectivity index (χ2v) is 9.95. The molecule has 41 heavy (non-hydrogen) atoms. The molecule has 2 saturated heterocycles. The lowest BCUT2D eigenvalue weighted by Crippen LogP contribution is -2.73. The fourth-order valence-electron chi connectivity index (χ4n) is 5.21. The Morgan fingerprint density at radius 3 is 2.39 bits per heavy atom. The highest BCUT2D eigenvalue weighted by Crippen LogP contribution is 2.38. The molecule has 0 unspecified atom stereocenters. The van der Waals surface area contributed by atoms with E-state index in [-0.39, 0.29) is 18.7 Å². The number of rotatable bonds is 8. The van der Waals surface area contributed by atoms with Crippen molar-refractivity contribution in [3.8, 4) is 0 Å². The van der Waals surface area contributed by atoms with E-state index in [9.17, 15) is 27.6 Å². The fourth-order valence-corrected chi connectivity index (χ4v) is 5.21. The van der Waals surface area contributed by atoms with Crippen LogP contribution in [0.1, 0.15) is 35.2 Å². The van der Waals surface area contributed by atoms with Gasteiger partial charge in [0, 0.05) is 6.54 Å². The van der Waals surface area contributed by atoms with Gasteiger partial charge in [0.25, 0.3) is 0 Å². The summed E-state index contributed by atoms with van der Waals surface area (Å²) >= 11 is 0. The largest absolute Gasteiger partial charge is 0.447 e. The number of amides is 3. The molecular weight excluding hydrogens is 535 g/mol. The van der Waals surface area contributed by atoms with Crippen LogP contribution in [0.4, 0.5) is 18.0 Å². The first kappa shape index (κ1) is 27.9. The number of hydrogen-bond donors (Lipinski definition) is 1. The van der Waals surface area contributed by atoms with Crippen molar-refractivity contribution in [2.45, 2.75) is 43.8 Å². The minimum absolute atomic E-state index is 0.0920. The van der Waals surface area contributed by atoms with Crippen molar-refractivity contribution in [3.63, 3.8) is 0 Å². The lowest BCUT2D eigenvalue weighted by molar-refractivity contribution is -0.162. The van der Waals surface area contributed by atoms with E-state index in [1.807, 2.05) is 66.7 Å². The summed E-state index contributed by atoms with van der Waals surface area (Å²) in [6.45, 7) is 1.50. The van der Waals surface area contributed by atoms with E-state index in [0.717, 1.165) is 23.3 Å². The van der Waals surface area contributed by atoms with Gasteiger partial charge >= 0.3 is 12.3 Å². The Hall–Kier alpha value is -4.60. The van der Waals surface area contributed by atoms with E-state index in [0.29, 0.717) is 0 Å². The predicted molar refractivity (Wildman–Crippen MR) is 145 cm³/mol. The van der Waals surface area contributed by atoms with Crippen molar-refractivity contribution >= 4 is 24.0 Å². The summed E-state index contributed by atoms with van der Waals surface area (Å²) in [4.78, 5) is 42.4. The number of nitrogens with zero attached hydrogens (tertiary/aromatic N) is 2. The molecular formula is C31H28F3N3O4. The molecule has 0 aromatic heterocycles. The first-order valence-electron chi connectivity index (χ1n) is 13.1. The maximum Gasteiger partial charge on any atom is 0.416 e. The summed E-state index contributed by atoms with van der Waals surface area (Å²) in [7, 11) is 0. The van der Waals surface area contributed by atoms with Crippen molar-refractivity contribution in [1.82, 2.24) is 15.1 Å². The van der Waals surface area contributed by atoms with Crippen molar-refractivity contribution in [2.24, 2.45) is 0 Å². The average molecular weight is 564 g/mol. The van der Waals surface area contributed by atoms with E-state index >= 15 is 0 Å². The molecule has 0 aliphatic carbocycles. The van der Waals surface area contributed by atoms with Crippen LogP contribution >= 0.6 is 0 Å². The number of halogens is 3. The van der Waals surface area contributed by atoms with Crippen LogP contribution in [0.3, 0.4) is 0 Å². The molecule has 3 amide bonds. The van der Waals surface area contributed by atoms with Gasteiger partial charge in [-0.1, -0.05) is 84.9 Å². The molecule has 0 bridgehead atoms. The second kappa shape index (κ2) is 11.5. The monoisotopic (exact) mass is 563 g/mol. The SMILES string of the molecule is C[C@@H](C(=O)NCc1cccc(C(F)(F)F)c1)N1C(=O)[C@@H](N2C(=O)OC[C@@H]2c2ccccc2)[C@H]1/C=C/c1ccccc1. The Morgan fingerprint density at radius 2 is 1.71 bits per heavy atom. The van der Waals surface area contributed by atoms with Gasteiger partial charge in [-0.25, -0.2) is 4.79 Å². The second-order valence-electron chi connectivity index (χ2n) is 9.95. The van der Waals surface area contributed by atoms with E-state index in [4.69, 9.17) is 4.74 Å². The van der Waals surface area contributed by atoms with Gasteiger partial charge in [-0.3, -0.25) is 14.5 Å². The van der Waals surface area contributed by atoms with Crippen LogP contribution in [0.25, 0.3) is 6.08 Å². The number of likely N-dealkylation sites (tertiary alicyclic amines) is 1. The Balaban J connectivity index is 1.37. The predicted octanol–water partition coefficient (Wildman–Crippen LogP) is 5.20. The zero-order chi connectivity index (χ0) is 29.1. The third kappa shape index (κ3) is 5.82. The van der Waals surface area contributed by atoms with Gasteiger partial charge in [0.1, 0.15) is 18.7 Å². The van der Waals surface area contributed by atoms with Crippen LogP contribution in [0.2, 0.25) is 0 Å². The standard InChI is InChI=1S/C31H28F3N3O4/c1-20(28(38)35-18-22-11-8-14-24(17-22)31(32,33)34)36-25(16-15-21-9-4-2-5-10-21)27(29(36)39)37-26(19-41-30(37)40)23-12-6-3-7-13-23/h2-17,20,25-27H,18-19H2,1H3,(H,35,38)/b16-15+/t20-,25+,26+,27-/m0/s1. The van der Waals surface area contributed by atoms with Crippen molar-refractivity contribution in [3.05, 3.63) is 113 Å². The van der Waals surface area contributed by atoms with E-state index in [2.05, 4.69) is 5.32 Å². The van der Waals surface area contributed by atoms with Gasteiger partial charge in [-0.05, 0) is 35.7 Å². The molecule has 5 rings (SSSR count). The van der Waals surface area contributed by atoms with Crippen LogP contribution < -0.4 is 5.32 Å². The number of nitrogens with one attached hydrogen (secondary N) is 1. The Kier molecular flexibility index (Phi) is 7.83. The summed E-state index contributed by atoms with van der Waals surface area (Å²) in [6.07, 6.45) is -1.51. The van der Waals surface area contributed by atoms with Crippen molar-refractivity contribution < 1.29 is 32.3 Å². The van der Waals surface area contributed by atoms with E-state index in [1.165, 1.54) is 21.9 Å². The minimum Gasteiger partial charge on any atom is -0.447 e. The van der Waals surface area contributed by atoms with Gasteiger partial charge < -0.3 is 15.0 Å². The van der Waals surface area contributed by atoms with Crippen LogP contribution in [-0.2, 0) is 27.0 Å². The molecule has 2 fully saturated rings. The normalized spacial score (nSPS) is 21.5. The Labute approximate surface area is 235 Å². The van der Waals surface area contributed by atoms with E-state index in [1.54, 1.807) is 13.0 Å². The van der Waals surface area contributed by atoms with Crippen LogP contribution in [-0.4, -0.2) is 52.4 Å². The number of hydrogen-bond acceptors (Lipinski definition) is 4.